The molecule has 1 aliphatic heterocycles. The minimum atomic E-state index is -4.46. The maximum atomic E-state index is 12.9. The van der Waals surface area contributed by atoms with Crippen LogP contribution in [0, 0.1) is 10.1 Å². The Kier molecular flexibility index (Phi) is 4.90. The van der Waals surface area contributed by atoms with E-state index in [0.717, 1.165) is 12.1 Å². The highest BCUT2D eigenvalue weighted by Crippen LogP contribution is 2.40. The zero-order chi connectivity index (χ0) is 18.9. The minimum Gasteiger partial charge on any atom is -0.322 e. The summed E-state index contributed by atoms with van der Waals surface area (Å²) < 4.78 is 38.8. The molecule has 2 aromatic carbocycles. The van der Waals surface area contributed by atoms with Crippen LogP contribution >= 0.6 is 11.8 Å². The van der Waals surface area contributed by atoms with Crippen molar-refractivity contribution in [2.75, 3.05) is 12.3 Å². The molecule has 136 valence electrons. The summed E-state index contributed by atoms with van der Waals surface area (Å²) in [7, 11) is 0. The molecule has 0 N–H and O–H groups in total. The van der Waals surface area contributed by atoms with Crippen LogP contribution in [-0.4, -0.2) is 28.0 Å². The average Bonchev–Trinajstić information content (AvgIpc) is 3.10. The Morgan fingerprint density at radius 2 is 1.92 bits per heavy atom. The largest absolute Gasteiger partial charge is 0.416 e. The number of non-ortho nitro benzene ring substituents is 1. The van der Waals surface area contributed by atoms with E-state index >= 15 is 0 Å². The highest BCUT2D eigenvalue weighted by Gasteiger charge is 2.35. The second-order valence-electron chi connectivity index (χ2n) is 5.65. The van der Waals surface area contributed by atoms with Crippen LogP contribution in [0.25, 0.3) is 0 Å². The molecule has 3 rings (SSSR count). The van der Waals surface area contributed by atoms with E-state index in [0.29, 0.717) is 17.9 Å². The van der Waals surface area contributed by atoms with Gasteiger partial charge in [0, 0.05) is 30.0 Å². The first kappa shape index (κ1) is 18.2. The molecular weight excluding hydrogens is 369 g/mol. The molecule has 0 bridgehead atoms. The molecule has 1 atom stereocenters. The predicted octanol–water partition coefficient (Wildman–Crippen LogP) is 4.50. The van der Waals surface area contributed by atoms with Gasteiger partial charge in [0.05, 0.1) is 10.5 Å². The van der Waals surface area contributed by atoms with Crippen molar-refractivity contribution in [2.24, 2.45) is 0 Å². The Morgan fingerprint density at radius 1 is 1.19 bits per heavy atom. The van der Waals surface area contributed by atoms with Crippen molar-refractivity contribution >= 4 is 23.4 Å². The summed E-state index contributed by atoms with van der Waals surface area (Å²) in [6.07, 6.45) is -4.46. The first-order chi connectivity index (χ1) is 12.3. The smallest absolute Gasteiger partial charge is 0.322 e. The Morgan fingerprint density at radius 3 is 2.62 bits per heavy atom. The van der Waals surface area contributed by atoms with Crippen molar-refractivity contribution in [1.29, 1.82) is 0 Å². The SMILES string of the molecule is O=C(c1cccc([N+](=O)[O-])c1)N1CCS[C@H]1c1cccc(C(F)(F)F)c1. The van der Waals surface area contributed by atoms with Crippen LogP contribution in [0.15, 0.2) is 48.5 Å². The number of hydrogen-bond donors (Lipinski definition) is 0. The molecule has 1 saturated heterocycles. The molecule has 1 amide bonds. The Hall–Kier alpha value is -2.55. The lowest BCUT2D eigenvalue weighted by Crippen LogP contribution is -2.30. The lowest BCUT2D eigenvalue weighted by Gasteiger charge is -2.24. The normalized spacial score (nSPS) is 17.3. The zero-order valence-electron chi connectivity index (χ0n) is 13.3. The fourth-order valence-electron chi connectivity index (χ4n) is 2.74. The van der Waals surface area contributed by atoms with E-state index in [9.17, 15) is 28.1 Å². The van der Waals surface area contributed by atoms with Gasteiger partial charge in [-0.05, 0) is 23.8 Å². The first-order valence-electron chi connectivity index (χ1n) is 7.61. The molecule has 1 fully saturated rings. The summed E-state index contributed by atoms with van der Waals surface area (Å²) in [6.45, 7) is 0.354. The van der Waals surface area contributed by atoms with E-state index in [-0.39, 0.29) is 11.3 Å². The predicted molar refractivity (Wildman–Crippen MR) is 90.8 cm³/mol. The summed E-state index contributed by atoms with van der Waals surface area (Å²) in [5.74, 6) is 0.128. The van der Waals surface area contributed by atoms with Gasteiger partial charge < -0.3 is 4.90 Å². The topological polar surface area (TPSA) is 63.4 Å². The molecule has 0 radical (unpaired) electrons. The van der Waals surface area contributed by atoms with Gasteiger partial charge in [0.25, 0.3) is 11.6 Å². The van der Waals surface area contributed by atoms with Gasteiger partial charge in [0.2, 0.25) is 0 Å². The number of thioether (sulfide) groups is 1. The minimum absolute atomic E-state index is 0.138. The summed E-state index contributed by atoms with van der Waals surface area (Å²) in [4.78, 5) is 24.5. The second-order valence-corrected chi connectivity index (χ2v) is 6.84. The first-order valence-corrected chi connectivity index (χ1v) is 8.66. The molecule has 26 heavy (non-hydrogen) atoms. The lowest BCUT2D eigenvalue weighted by atomic mass is 10.1. The monoisotopic (exact) mass is 382 g/mol. The zero-order valence-corrected chi connectivity index (χ0v) is 14.1. The van der Waals surface area contributed by atoms with Crippen molar-refractivity contribution in [3.05, 3.63) is 75.3 Å². The molecule has 0 aromatic heterocycles. The maximum absolute atomic E-state index is 12.9. The number of nitro groups is 1. The number of alkyl halides is 3. The molecule has 2 aromatic rings. The molecule has 0 saturated carbocycles. The van der Waals surface area contributed by atoms with Crippen LogP contribution in [0.1, 0.15) is 26.9 Å². The van der Waals surface area contributed by atoms with E-state index in [1.165, 1.54) is 47.0 Å². The number of carbonyl (C=O) groups excluding carboxylic acids is 1. The summed E-state index contributed by atoms with van der Waals surface area (Å²) in [5, 5.41) is 10.3. The quantitative estimate of drug-likeness (QED) is 0.579. The Bertz CT molecular complexity index is 857. The number of nitrogens with zero attached hydrogens (tertiary/aromatic N) is 2. The standard InChI is InChI=1S/C17H13F3N2O3S/c18-17(19,20)13-5-1-4-12(9-13)16-21(7-8-26-16)15(23)11-3-2-6-14(10-11)22(24)25/h1-6,9-10,16H,7-8H2/t16-/m0/s1. The molecular formula is C17H13F3N2O3S. The van der Waals surface area contributed by atoms with Gasteiger partial charge in [-0.15, -0.1) is 11.8 Å². The lowest BCUT2D eigenvalue weighted by molar-refractivity contribution is -0.384. The van der Waals surface area contributed by atoms with E-state index in [2.05, 4.69) is 0 Å². The van der Waals surface area contributed by atoms with Gasteiger partial charge in [0.15, 0.2) is 0 Å². The third-order valence-corrected chi connectivity index (χ3v) is 5.22. The van der Waals surface area contributed by atoms with E-state index < -0.39 is 27.9 Å². The van der Waals surface area contributed by atoms with Crippen LogP contribution in [0.2, 0.25) is 0 Å². The highest BCUT2D eigenvalue weighted by atomic mass is 32.2. The van der Waals surface area contributed by atoms with Crippen molar-refractivity contribution in [1.82, 2.24) is 4.90 Å². The van der Waals surface area contributed by atoms with E-state index in [1.807, 2.05) is 0 Å². The van der Waals surface area contributed by atoms with Gasteiger partial charge in [-0.1, -0.05) is 18.2 Å². The maximum Gasteiger partial charge on any atom is 0.416 e. The number of benzene rings is 2. The number of amides is 1. The van der Waals surface area contributed by atoms with Crippen molar-refractivity contribution in [3.63, 3.8) is 0 Å². The molecule has 5 nitrogen and oxygen atoms in total. The third kappa shape index (κ3) is 3.67. The number of carbonyl (C=O) groups is 1. The fraction of sp³-hybridized carbons (Fsp3) is 0.235. The van der Waals surface area contributed by atoms with E-state index in [1.54, 1.807) is 6.07 Å². The summed E-state index contributed by atoms with van der Waals surface area (Å²) in [5.41, 5.74) is -0.469. The number of nitro benzene ring substituents is 1. The summed E-state index contributed by atoms with van der Waals surface area (Å²) in [6, 6.07) is 10.2. The molecule has 0 spiro atoms. The average molecular weight is 382 g/mol. The van der Waals surface area contributed by atoms with Crippen molar-refractivity contribution in [2.45, 2.75) is 11.6 Å². The van der Waals surface area contributed by atoms with Gasteiger partial charge >= 0.3 is 6.18 Å². The van der Waals surface area contributed by atoms with Gasteiger partial charge in [-0.3, -0.25) is 14.9 Å². The van der Waals surface area contributed by atoms with Crippen LogP contribution in [-0.2, 0) is 6.18 Å². The molecule has 1 aliphatic rings. The number of rotatable bonds is 3. The fourth-order valence-corrected chi connectivity index (χ4v) is 3.99. The number of hydrogen-bond acceptors (Lipinski definition) is 4. The third-order valence-electron chi connectivity index (χ3n) is 3.95. The van der Waals surface area contributed by atoms with Crippen LogP contribution in [0.4, 0.5) is 18.9 Å². The van der Waals surface area contributed by atoms with Gasteiger partial charge in [0.1, 0.15) is 5.37 Å². The van der Waals surface area contributed by atoms with Gasteiger partial charge in [-0.25, -0.2) is 0 Å². The van der Waals surface area contributed by atoms with Crippen LogP contribution < -0.4 is 0 Å². The summed E-state index contributed by atoms with van der Waals surface area (Å²) >= 11 is 1.36. The highest BCUT2D eigenvalue weighted by molar-refractivity contribution is 7.99. The van der Waals surface area contributed by atoms with Gasteiger partial charge in [-0.2, -0.15) is 13.2 Å². The molecule has 1 heterocycles. The number of halogens is 3. The van der Waals surface area contributed by atoms with Crippen molar-refractivity contribution in [3.8, 4) is 0 Å². The Labute approximate surface area is 151 Å². The van der Waals surface area contributed by atoms with Crippen molar-refractivity contribution < 1.29 is 22.9 Å². The molecule has 0 aliphatic carbocycles. The molecule has 0 unspecified atom stereocenters. The van der Waals surface area contributed by atoms with E-state index in [4.69, 9.17) is 0 Å². The second kappa shape index (κ2) is 6.99. The Balaban J connectivity index is 1.90. The van der Waals surface area contributed by atoms with Crippen LogP contribution in [0.5, 0.6) is 0 Å². The molecule has 9 heteroatoms. The van der Waals surface area contributed by atoms with Crippen LogP contribution in [0.3, 0.4) is 0 Å².